The van der Waals surface area contributed by atoms with Crippen LogP contribution in [0, 0.1) is 0 Å². The molecule has 1 aromatic carbocycles. The quantitative estimate of drug-likeness (QED) is 0.669. The van der Waals surface area contributed by atoms with E-state index in [0.717, 1.165) is 0 Å². The minimum absolute atomic E-state index is 0.0407. The molecule has 25 heavy (non-hydrogen) atoms. The molecule has 0 aliphatic heterocycles. The highest BCUT2D eigenvalue weighted by Gasteiger charge is 2.19. The lowest BCUT2D eigenvalue weighted by Gasteiger charge is -2.20. The first-order valence-corrected chi connectivity index (χ1v) is 9.25. The topological polar surface area (TPSA) is 59.8 Å². The third-order valence-electron chi connectivity index (χ3n) is 3.95. The van der Waals surface area contributed by atoms with Crippen molar-refractivity contribution in [1.29, 1.82) is 0 Å². The lowest BCUT2D eigenvalue weighted by molar-refractivity contribution is -0.890. The largest absolute Gasteiger partial charge is 0.484 e. The first-order chi connectivity index (χ1) is 12.0. The number of quaternary nitrogens is 1. The Balaban J connectivity index is 1.81. The van der Waals surface area contributed by atoms with Crippen molar-refractivity contribution < 1.29 is 19.2 Å². The Morgan fingerprint density at radius 1 is 1.20 bits per heavy atom. The number of amides is 1. The highest BCUT2D eigenvalue weighted by Crippen LogP contribution is 2.16. The maximum atomic E-state index is 12.0. The number of ketones is 1. The van der Waals surface area contributed by atoms with Crippen LogP contribution in [0.2, 0.25) is 0 Å². The summed E-state index contributed by atoms with van der Waals surface area (Å²) in [6.07, 6.45) is 0.474. The van der Waals surface area contributed by atoms with Gasteiger partial charge >= 0.3 is 0 Å². The van der Waals surface area contributed by atoms with Crippen LogP contribution < -0.4 is 15.0 Å². The summed E-state index contributed by atoms with van der Waals surface area (Å²) in [5.41, 5.74) is 0.659. The molecular formula is C19H25N2O3S+. The van der Waals surface area contributed by atoms with E-state index in [4.69, 9.17) is 4.74 Å². The predicted molar refractivity (Wildman–Crippen MR) is 99.4 cm³/mol. The van der Waals surface area contributed by atoms with Crippen LogP contribution in [0.15, 0.2) is 41.8 Å². The van der Waals surface area contributed by atoms with Crippen LogP contribution in [0.3, 0.4) is 0 Å². The van der Waals surface area contributed by atoms with Crippen LogP contribution in [-0.2, 0) is 4.79 Å². The van der Waals surface area contributed by atoms with Crippen LogP contribution >= 0.6 is 11.3 Å². The van der Waals surface area contributed by atoms with E-state index < -0.39 is 0 Å². The van der Waals surface area contributed by atoms with Crippen molar-refractivity contribution in [1.82, 2.24) is 5.32 Å². The van der Waals surface area contributed by atoms with E-state index in [9.17, 15) is 9.59 Å². The Hall–Kier alpha value is -2.18. The Kier molecular flexibility index (Phi) is 7.16. The first-order valence-electron chi connectivity index (χ1n) is 8.37. The molecule has 1 amide bonds. The minimum atomic E-state index is -0.156. The van der Waals surface area contributed by atoms with Gasteiger partial charge in [0.25, 0.3) is 5.91 Å². The molecule has 0 unspecified atom stereocenters. The molecule has 0 saturated carbocycles. The highest BCUT2D eigenvalue weighted by atomic mass is 32.1. The Labute approximate surface area is 152 Å². The van der Waals surface area contributed by atoms with E-state index in [2.05, 4.69) is 25.5 Å². The second-order valence-electron chi connectivity index (χ2n) is 6.04. The molecule has 1 aromatic heterocycles. The molecule has 2 N–H and O–H groups in total. The predicted octanol–water partition coefficient (Wildman–Crippen LogP) is 1.72. The second-order valence-corrected chi connectivity index (χ2v) is 7.02. The summed E-state index contributed by atoms with van der Waals surface area (Å²) in [4.78, 5) is 26.1. The van der Waals surface area contributed by atoms with Crippen LogP contribution in [0.1, 0.15) is 34.6 Å². The molecule has 0 aliphatic rings. The van der Waals surface area contributed by atoms with Gasteiger partial charge in [-0.2, -0.15) is 0 Å². The van der Waals surface area contributed by atoms with E-state index in [0.29, 0.717) is 24.3 Å². The number of ether oxygens (including phenoxy) is 1. The number of likely N-dealkylation sites (N-methyl/N-ethyl adjacent to an activating group) is 1. The lowest BCUT2D eigenvalue weighted by Crippen LogP contribution is -3.06. The third-order valence-corrected chi connectivity index (χ3v) is 4.94. The fourth-order valence-corrected chi connectivity index (χ4v) is 3.39. The zero-order valence-corrected chi connectivity index (χ0v) is 15.7. The molecule has 2 rings (SSSR count). The summed E-state index contributed by atoms with van der Waals surface area (Å²) in [6, 6.07) is 11.2. The van der Waals surface area contributed by atoms with Crippen molar-refractivity contribution in [2.24, 2.45) is 0 Å². The van der Waals surface area contributed by atoms with Gasteiger partial charge in [0, 0.05) is 12.0 Å². The maximum Gasteiger partial charge on any atom is 0.258 e. The molecule has 134 valence electrons. The molecule has 0 saturated heterocycles. The zero-order chi connectivity index (χ0) is 18.2. The fraction of sp³-hybridized carbons (Fsp3) is 0.368. The van der Waals surface area contributed by atoms with Crippen molar-refractivity contribution in [2.45, 2.75) is 19.4 Å². The van der Waals surface area contributed by atoms with Gasteiger partial charge in [-0.1, -0.05) is 13.0 Å². The van der Waals surface area contributed by atoms with Crippen molar-refractivity contribution in [3.63, 3.8) is 0 Å². The van der Waals surface area contributed by atoms with E-state index in [1.54, 1.807) is 35.6 Å². The smallest absolute Gasteiger partial charge is 0.258 e. The molecule has 0 spiro atoms. The number of Topliss-reactive ketones (excluding diaryl/α,β-unsaturated/α-hetero) is 1. The van der Waals surface area contributed by atoms with Gasteiger partial charge in [0.15, 0.2) is 12.4 Å². The van der Waals surface area contributed by atoms with Gasteiger partial charge in [0.05, 0.1) is 25.5 Å². The molecule has 0 aliphatic carbocycles. The Morgan fingerprint density at radius 2 is 1.92 bits per heavy atom. The number of rotatable bonds is 9. The number of carbonyl (C=O) groups is 2. The molecule has 1 atom stereocenters. The van der Waals surface area contributed by atoms with Crippen molar-refractivity contribution in [3.8, 4) is 5.75 Å². The van der Waals surface area contributed by atoms with Gasteiger partial charge in [0.2, 0.25) is 0 Å². The third kappa shape index (κ3) is 5.69. The molecule has 2 aromatic rings. The van der Waals surface area contributed by atoms with Crippen LogP contribution in [-0.4, -0.2) is 38.9 Å². The average Bonchev–Trinajstić information content (AvgIpc) is 3.14. The molecule has 0 fully saturated rings. The SMILES string of the molecule is CCC(=O)c1ccc(OCC(=O)NC[C@@H](c2cccs2)[NH+](C)C)cc1. The Morgan fingerprint density at radius 3 is 2.48 bits per heavy atom. The zero-order valence-electron chi connectivity index (χ0n) is 14.9. The van der Waals surface area contributed by atoms with E-state index >= 15 is 0 Å². The first kappa shape index (κ1) is 19.1. The monoisotopic (exact) mass is 361 g/mol. The number of hydrogen-bond donors (Lipinski definition) is 2. The molecule has 1 heterocycles. The number of nitrogens with one attached hydrogen (secondary N) is 2. The lowest BCUT2D eigenvalue weighted by atomic mass is 10.1. The molecule has 0 radical (unpaired) electrons. The van der Waals surface area contributed by atoms with Gasteiger partial charge in [-0.3, -0.25) is 9.59 Å². The standard InChI is InChI=1S/C19H24N2O3S/c1-4-17(22)14-7-9-15(10-8-14)24-13-19(23)20-12-16(21(2)3)18-6-5-11-25-18/h5-11,16H,4,12-13H2,1-3H3,(H,20,23)/p+1/t16-/m0/s1. The summed E-state index contributed by atoms with van der Waals surface area (Å²) in [5, 5.41) is 4.97. The summed E-state index contributed by atoms with van der Waals surface area (Å²) in [7, 11) is 4.15. The second kappa shape index (κ2) is 9.34. The van der Waals surface area contributed by atoms with Crippen LogP contribution in [0.25, 0.3) is 0 Å². The van der Waals surface area contributed by atoms with E-state index in [1.165, 1.54) is 9.78 Å². The van der Waals surface area contributed by atoms with E-state index in [-0.39, 0.29) is 24.3 Å². The molecule has 0 bridgehead atoms. The average molecular weight is 361 g/mol. The normalized spacial score (nSPS) is 12.0. The summed E-state index contributed by atoms with van der Waals surface area (Å²) >= 11 is 1.70. The van der Waals surface area contributed by atoms with Gasteiger partial charge in [-0.05, 0) is 35.7 Å². The van der Waals surface area contributed by atoms with Gasteiger partial charge in [-0.15, -0.1) is 11.3 Å². The number of benzene rings is 1. The summed E-state index contributed by atoms with van der Waals surface area (Å²) in [5.74, 6) is 0.516. The Bertz CT molecular complexity index is 681. The van der Waals surface area contributed by atoms with Crippen molar-refractivity contribution in [3.05, 3.63) is 52.2 Å². The van der Waals surface area contributed by atoms with Gasteiger partial charge in [-0.25, -0.2) is 0 Å². The number of hydrogen-bond acceptors (Lipinski definition) is 4. The van der Waals surface area contributed by atoms with Gasteiger partial charge in [0.1, 0.15) is 11.8 Å². The maximum absolute atomic E-state index is 12.0. The van der Waals surface area contributed by atoms with Crippen LogP contribution in [0.4, 0.5) is 0 Å². The van der Waals surface area contributed by atoms with Crippen molar-refractivity contribution >= 4 is 23.0 Å². The molecule has 6 heteroatoms. The fourth-order valence-electron chi connectivity index (χ4n) is 2.44. The number of carbonyl (C=O) groups excluding carboxylic acids is 2. The number of thiophene rings is 1. The molecule has 5 nitrogen and oxygen atoms in total. The molecular weight excluding hydrogens is 336 g/mol. The highest BCUT2D eigenvalue weighted by molar-refractivity contribution is 7.10. The van der Waals surface area contributed by atoms with Crippen LogP contribution in [0.5, 0.6) is 5.75 Å². The summed E-state index contributed by atoms with van der Waals surface area (Å²) < 4.78 is 5.49. The minimum Gasteiger partial charge on any atom is -0.484 e. The van der Waals surface area contributed by atoms with Gasteiger partial charge < -0.3 is 15.0 Å². The summed E-state index contributed by atoms with van der Waals surface area (Å²) in [6.45, 7) is 2.35. The van der Waals surface area contributed by atoms with E-state index in [1.807, 2.05) is 18.4 Å². The van der Waals surface area contributed by atoms with Crippen molar-refractivity contribution in [2.75, 3.05) is 27.2 Å².